The molecule has 1 atom stereocenters. The van der Waals surface area contributed by atoms with Crippen LogP contribution in [0, 0.1) is 5.82 Å². The number of nitrogens with one attached hydrogen (secondary N) is 1. The number of nitrogens with zero attached hydrogens (tertiary/aromatic N) is 1. The highest BCUT2D eigenvalue weighted by Gasteiger charge is 2.20. The van der Waals surface area contributed by atoms with Gasteiger partial charge >= 0.3 is 0 Å². The second-order valence-electron chi connectivity index (χ2n) is 4.29. The van der Waals surface area contributed by atoms with E-state index in [0.29, 0.717) is 5.02 Å². The van der Waals surface area contributed by atoms with Crippen molar-refractivity contribution in [2.45, 2.75) is 25.9 Å². The highest BCUT2D eigenvalue weighted by molar-refractivity contribution is 7.09. The minimum absolute atomic E-state index is 0.0990. The summed E-state index contributed by atoms with van der Waals surface area (Å²) in [5, 5.41) is 6.67. The molecular formula is C13H14ClFN2S. The van der Waals surface area contributed by atoms with Crippen LogP contribution in [0.2, 0.25) is 5.02 Å². The molecule has 5 heteroatoms. The molecule has 96 valence electrons. The summed E-state index contributed by atoms with van der Waals surface area (Å²) in [6, 6.07) is 4.64. The lowest BCUT2D eigenvalue weighted by molar-refractivity contribution is 0.526. The highest BCUT2D eigenvalue weighted by Crippen LogP contribution is 2.30. The lowest BCUT2D eigenvalue weighted by atomic mass is 10.1. The van der Waals surface area contributed by atoms with Crippen LogP contribution in [-0.4, -0.2) is 11.0 Å². The van der Waals surface area contributed by atoms with Gasteiger partial charge in [0.25, 0.3) is 0 Å². The fourth-order valence-corrected chi connectivity index (χ4v) is 2.73. The lowest BCUT2D eigenvalue weighted by Gasteiger charge is -2.20. The lowest BCUT2D eigenvalue weighted by Crippen LogP contribution is -2.29. The molecule has 0 bridgehead atoms. The summed E-state index contributed by atoms with van der Waals surface area (Å²) in [5.41, 5.74) is 0.849. The number of thiazole rings is 1. The van der Waals surface area contributed by atoms with E-state index in [1.165, 1.54) is 12.1 Å². The summed E-state index contributed by atoms with van der Waals surface area (Å²) in [6.45, 7) is 4.11. The number of rotatable bonds is 4. The van der Waals surface area contributed by atoms with E-state index in [9.17, 15) is 4.39 Å². The van der Waals surface area contributed by atoms with E-state index in [0.717, 1.165) is 10.6 Å². The van der Waals surface area contributed by atoms with Crippen LogP contribution in [0.3, 0.4) is 0 Å². The van der Waals surface area contributed by atoms with Crippen LogP contribution in [0.1, 0.15) is 30.5 Å². The van der Waals surface area contributed by atoms with Gasteiger partial charge in [-0.2, -0.15) is 0 Å². The van der Waals surface area contributed by atoms with E-state index in [1.54, 1.807) is 23.6 Å². The summed E-state index contributed by atoms with van der Waals surface area (Å²) >= 11 is 7.68. The minimum atomic E-state index is -0.328. The van der Waals surface area contributed by atoms with Gasteiger partial charge in [-0.15, -0.1) is 11.3 Å². The van der Waals surface area contributed by atoms with E-state index < -0.39 is 0 Å². The van der Waals surface area contributed by atoms with Crippen molar-refractivity contribution in [2.24, 2.45) is 0 Å². The van der Waals surface area contributed by atoms with Crippen molar-refractivity contribution < 1.29 is 4.39 Å². The Morgan fingerprint density at radius 3 is 2.72 bits per heavy atom. The first-order valence-electron chi connectivity index (χ1n) is 5.68. The predicted octanol–water partition coefficient (Wildman–Crippen LogP) is 4.02. The van der Waals surface area contributed by atoms with E-state index >= 15 is 0 Å². The molecule has 0 fully saturated rings. The molecule has 0 aliphatic rings. The summed E-state index contributed by atoms with van der Waals surface area (Å²) in [6.07, 6.45) is 1.76. The number of hydrogen-bond acceptors (Lipinski definition) is 3. The SMILES string of the molecule is CC(C)NC(c1nccs1)c1ccc(F)cc1Cl. The molecule has 0 saturated heterocycles. The fourth-order valence-electron chi connectivity index (χ4n) is 1.74. The first-order valence-corrected chi connectivity index (χ1v) is 6.94. The third-order valence-corrected chi connectivity index (χ3v) is 3.64. The zero-order valence-corrected chi connectivity index (χ0v) is 11.7. The number of aromatic nitrogens is 1. The van der Waals surface area contributed by atoms with Gasteiger partial charge in [0, 0.05) is 22.6 Å². The number of hydrogen-bond donors (Lipinski definition) is 1. The first kappa shape index (κ1) is 13.5. The van der Waals surface area contributed by atoms with Gasteiger partial charge in [-0.1, -0.05) is 17.7 Å². The molecule has 1 N–H and O–H groups in total. The summed E-state index contributed by atoms with van der Waals surface area (Å²) < 4.78 is 13.1. The Hall–Kier alpha value is -0.970. The Kier molecular flexibility index (Phi) is 4.32. The van der Waals surface area contributed by atoms with Crippen LogP contribution in [0.4, 0.5) is 4.39 Å². The van der Waals surface area contributed by atoms with Gasteiger partial charge in [0.2, 0.25) is 0 Å². The van der Waals surface area contributed by atoms with E-state index in [-0.39, 0.29) is 17.9 Å². The topological polar surface area (TPSA) is 24.9 Å². The Morgan fingerprint density at radius 1 is 1.39 bits per heavy atom. The molecule has 18 heavy (non-hydrogen) atoms. The van der Waals surface area contributed by atoms with Crippen molar-refractivity contribution >= 4 is 22.9 Å². The van der Waals surface area contributed by atoms with Gasteiger partial charge in [-0.05, 0) is 31.5 Å². The Balaban J connectivity index is 2.40. The fraction of sp³-hybridized carbons (Fsp3) is 0.308. The average molecular weight is 285 g/mol. The standard InChI is InChI=1S/C13H14ClFN2S/c1-8(2)17-12(13-16-5-6-18-13)10-4-3-9(15)7-11(10)14/h3-8,12,17H,1-2H3. The third-order valence-electron chi connectivity index (χ3n) is 2.47. The highest BCUT2D eigenvalue weighted by atomic mass is 35.5. The normalized spacial score (nSPS) is 12.9. The zero-order valence-electron chi connectivity index (χ0n) is 10.2. The summed E-state index contributed by atoms with van der Waals surface area (Å²) in [5.74, 6) is -0.328. The van der Waals surface area contributed by atoms with Crippen LogP contribution < -0.4 is 5.32 Å². The van der Waals surface area contributed by atoms with Crippen molar-refractivity contribution in [3.05, 3.63) is 51.2 Å². The van der Waals surface area contributed by atoms with Gasteiger partial charge in [-0.3, -0.25) is 0 Å². The molecule has 1 heterocycles. The molecule has 2 rings (SSSR count). The Bertz CT molecular complexity index is 514. The van der Waals surface area contributed by atoms with Crippen molar-refractivity contribution in [2.75, 3.05) is 0 Å². The molecule has 0 amide bonds. The molecule has 1 aromatic heterocycles. The molecule has 2 aromatic rings. The quantitative estimate of drug-likeness (QED) is 0.917. The van der Waals surface area contributed by atoms with Crippen molar-refractivity contribution in [3.8, 4) is 0 Å². The van der Waals surface area contributed by atoms with Crippen molar-refractivity contribution in [1.29, 1.82) is 0 Å². The molecular weight excluding hydrogens is 271 g/mol. The van der Waals surface area contributed by atoms with E-state index in [2.05, 4.69) is 24.1 Å². The number of halogens is 2. The third kappa shape index (κ3) is 3.07. The first-order chi connectivity index (χ1) is 8.58. The average Bonchev–Trinajstić information content (AvgIpc) is 2.79. The van der Waals surface area contributed by atoms with Crippen molar-refractivity contribution in [1.82, 2.24) is 10.3 Å². The number of benzene rings is 1. The van der Waals surface area contributed by atoms with E-state index in [1.807, 2.05) is 5.38 Å². The van der Waals surface area contributed by atoms with Gasteiger partial charge < -0.3 is 5.32 Å². The minimum Gasteiger partial charge on any atom is -0.302 e. The molecule has 0 radical (unpaired) electrons. The Labute approximate surface area is 115 Å². The maximum atomic E-state index is 13.1. The van der Waals surface area contributed by atoms with Gasteiger partial charge in [0.05, 0.1) is 6.04 Å². The van der Waals surface area contributed by atoms with Crippen LogP contribution >= 0.6 is 22.9 Å². The van der Waals surface area contributed by atoms with Gasteiger partial charge in [-0.25, -0.2) is 9.37 Å². The maximum absolute atomic E-state index is 13.1. The molecule has 1 unspecified atom stereocenters. The predicted molar refractivity (Wildman–Crippen MR) is 73.6 cm³/mol. The smallest absolute Gasteiger partial charge is 0.124 e. The second-order valence-corrected chi connectivity index (χ2v) is 5.62. The molecule has 0 saturated carbocycles. The largest absolute Gasteiger partial charge is 0.302 e. The van der Waals surface area contributed by atoms with Crippen LogP contribution in [-0.2, 0) is 0 Å². The summed E-state index contributed by atoms with van der Waals surface area (Å²) in [4.78, 5) is 4.31. The van der Waals surface area contributed by atoms with Gasteiger partial charge in [0.1, 0.15) is 10.8 Å². The molecule has 2 nitrogen and oxygen atoms in total. The monoisotopic (exact) mass is 284 g/mol. The Morgan fingerprint density at radius 2 is 2.17 bits per heavy atom. The maximum Gasteiger partial charge on any atom is 0.124 e. The molecule has 1 aromatic carbocycles. The van der Waals surface area contributed by atoms with Gasteiger partial charge in [0.15, 0.2) is 0 Å². The van der Waals surface area contributed by atoms with Crippen LogP contribution in [0.25, 0.3) is 0 Å². The van der Waals surface area contributed by atoms with Crippen LogP contribution in [0.15, 0.2) is 29.8 Å². The molecule has 0 aliphatic carbocycles. The van der Waals surface area contributed by atoms with Crippen LogP contribution in [0.5, 0.6) is 0 Å². The molecule has 0 aliphatic heterocycles. The second kappa shape index (κ2) is 5.78. The zero-order chi connectivity index (χ0) is 13.1. The summed E-state index contributed by atoms with van der Waals surface area (Å²) in [7, 11) is 0. The van der Waals surface area contributed by atoms with E-state index in [4.69, 9.17) is 11.6 Å². The molecule has 0 spiro atoms. The van der Waals surface area contributed by atoms with Crippen molar-refractivity contribution in [3.63, 3.8) is 0 Å².